The number of para-hydroxylation sites is 2. The van der Waals surface area contributed by atoms with Gasteiger partial charge in [0.05, 0.1) is 19.3 Å². The van der Waals surface area contributed by atoms with Crippen LogP contribution in [0.4, 0.5) is 6.01 Å². The lowest BCUT2D eigenvalue weighted by Gasteiger charge is -2.23. The van der Waals surface area contributed by atoms with Crippen molar-refractivity contribution in [2.24, 2.45) is 0 Å². The van der Waals surface area contributed by atoms with E-state index in [-0.39, 0.29) is 18.0 Å². The third-order valence-corrected chi connectivity index (χ3v) is 5.25. The van der Waals surface area contributed by atoms with Crippen molar-refractivity contribution in [3.05, 3.63) is 48.0 Å². The van der Waals surface area contributed by atoms with Crippen molar-refractivity contribution in [3.63, 3.8) is 0 Å². The molecule has 2 aromatic carbocycles. The minimum absolute atomic E-state index is 0.0387. The molecule has 1 aromatic heterocycles. The molecule has 1 saturated carbocycles. The number of hydrogen-bond donors (Lipinski definition) is 2. The summed E-state index contributed by atoms with van der Waals surface area (Å²) in [7, 11) is 0. The number of ether oxygens (including phenoxy) is 2. The quantitative estimate of drug-likeness (QED) is 0.574. The van der Waals surface area contributed by atoms with Gasteiger partial charge in [0.15, 0.2) is 5.58 Å². The maximum absolute atomic E-state index is 13.2. The summed E-state index contributed by atoms with van der Waals surface area (Å²) in [6.07, 6.45) is 2.81. The Morgan fingerprint density at radius 2 is 1.73 bits per heavy atom. The Balaban J connectivity index is 1.51. The molecule has 1 fully saturated rings. The van der Waals surface area contributed by atoms with E-state index < -0.39 is 0 Å². The zero-order valence-electron chi connectivity index (χ0n) is 17.3. The van der Waals surface area contributed by atoms with Crippen LogP contribution in [-0.4, -0.2) is 36.2 Å². The number of anilines is 1. The fourth-order valence-corrected chi connectivity index (χ4v) is 3.93. The molecule has 0 unspecified atom stereocenters. The summed E-state index contributed by atoms with van der Waals surface area (Å²) in [5.41, 5.74) is 1.99. The molecule has 2 N–H and O–H groups in total. The average Bonchev–Trinajstić information content (AvgIpc) is 3.35. The molecule has 4 rings (SSSR count). The zero-order valence-corrected chi connectivity index (χ0v) is 17.3. The molecule has 1 amide bonds. The Morgan fingerprint density at radius 1 is 1.03 bits per heavy atom. The summed E-state index contributed by atoms with van der Waals surface area (Å²) >= 11 is 0. The van der Waals surface area contributed by atoms with Crippen LogP contribution < -0.4 is 20.1 Å². The molecule has 2 atom stereocenters. The van der Waals surface area contributed by atoms with Gasteiger partial charge < -0.3 is 24.5 Å². The number of aromatic nitrogens is 1. The van der Waals surface area contributed by atoms with Gasteiger partial charge in [0.2, 0.25) is 0 Å². The molecule has 7 heteroatoms. The van der Waals surface area contributed by atoms with Gasteiger partial charge in [0.25, 0.3) is 11.9 Å². The number of nitrogens with one attached hydrogen (secondary N) is 2. The van der Waals surface area contributed by atoms with E-state index in [0.717, 1.165) is 30.4 Å². The smallest absolute Gasteiger partial charge is 0.295 e. The van der Waals surface area contributed by atoms with Gasteiger partial charge >= 0.3 is 0 Å². The third kappa shape index (κ3) is 4.20. The van der Waals surface area contributed by atoms with Gasteiger partial charge in [-0.15, -0.1) is 0 Å². The first kappa shape index (κ1) is 20.1. The first-order valence-corrected chi connectivity index (χ1v) is 10.5. The molecule has 3 aromatic rings. The maximum Gasteiger partial charge on any atom is 0.295 e. The molecule has 0 radical (unpaired) electrons. The lowest BCUT2D eigenvalue weighted by Crippen LogP contribution is -2.43. The summed E-state index contributed by atoms with van der Waals surface area (Å²) < 4.78 is 17.2. The number of amides is 1. The van der Waals surface area contributed by atoms with Gasteiger partial charge in [-0.25, -0.2) is 0 Å². The lowest BCUT2D eigenvalue weighted by molar-refractivity contribution is 0.0927. The summed E-state index contributed by atoms with van der Waals surface area (Å²) in [4.78, 5) is 17.7. The summed E-state index contributed by atoms with van der Waals surface area (Å²) in [5.74, 6) is 0.864. The molecular formula is C23H27N3O4. The van der Waals surface area contributed by atoms with Crippen LogP contribution in [-0.2, 0) is 0 Å². The van der Waals surface area contributed by atoms with Crippen LogP contribution in [0.1, 0.15) is 43.5 Å². The minimum Gasteiger partial charge on any atom is -0.493 e. The fraction of sp³-hybridized carbons (Fsp3) is 0.391. The molecule has 30 heavy (non-hydrogen) atoms. The SMILES string of the molecule is CCOc1cccc(OCC)c1C(=O)N[C@@H]1CCC[C@@H]1Nc1nc2ccccc2o1. The number of hydrogen-bond acceptors (Lipinski definition) is 6. The van der Waals surface area contributed by atoms with Crippen molar-refractivity contribution in [2.45, 2.75) is 45.2 Å². The van der Waals surface area contributed by atoms with Crippen molar-refractivity contribution < 1.29 is 18.7 Å². The Morgan fingerprint density at radius 3 is 2.43 bits per heavy atom. The highest BCUT2D eigenvalue weighted by Crippen LogP contribution is 2.30. The molecule has 0 bridgehead atoms. The second kappa shape index (κ2) is 9.07. The largest absolute Gasteiger partial charge is 0.493 e. The monoisotopic (exact) mass is 409 g/mol. The second-order valence-electron chi connectivity index (χ2n) is 7.24. The van der Waals surface area contributed by atoms with Crippen molar-refractivity contribution in [2.75, 3.05) is 18.5 Å². The Kier molecular flexibility index (Phi) is 6.07. The first-order chi connectivity index (χ1) is 14.7. The van der Waals surface area contributed by atoms with Crippen LogP contribution >= 0.6 is 0 Å². The Labute approximate surface area is 175 Å². The number of oxazole rings is 1. The van der Waals surface area contributed by atoms with Crippen molar-refractivity contribution >= 4 is 23.0 Å². The van der Waals surface area contributed by atoms with Crippen molar-refractivity contribution in [1.29, 1.82) is 0 Å². The van der Waals surface area contributed by atoms with E-state index in [1.807, 2.05) is 44.2 Å². The van der Waals surface area contributed by atoms with Crippen molar-refractivity contribution in [1.82, 2.24) is 10.3 Å². The highest BCUT2D eigenvalue weighted by Gasteiger charge is 2.31. The van der Waals surface area contributed by atoms with Crippen LogP contribution in [0.25, 0.3) is 11.1 Å². The number of fused-ring (bicyclic) bond motifs is 1. The average molecular weight is 409 g/mol. The molecule has 7 nitrogen and oxygen atoms in total. The van der Waals surface area contributed by atoms with Gasteiger partial charge in [-0.2, -0.15) is 4.98 Å². The van der Waals surface area contributed by atoms with Gasteiger partial charge in [-0.1, -0.05) is 18.2 Å². The minimum atomic E-state index is -0.196. The van der Waals surface area contributed by atoms with Crippen LogP contribution in [0, 0.1) is 0 Å². The fourth-order valence-electron chi connectivity index (χ4n) is 3.93. The molecule has 158 valence electrons. The third-order valence-electron chi connectivity index (χ3n) is 5.25. The molecule has 0 aliphatic heterocycles. The summed E-state index contributed by atoms with van der Waals surface area (Å²) in [5, 5.41) is 6.53. The van der Waals surface area contributed by atoms with E-state index in [1.165, 1.54) is 0 Å². The molecule has 1 aliphatic rings. The number of benzene rings is 2. The second-order valence-corrected chi connectivity index (χ2v) is 7.24. The van der Waals surface area contributed by atoms with E-state index in [0.29, 0.717) is 36.3 Å². The highest BCUT2D eigenvalue weighted by atomic mass is 16.5. The van der Waals surface area contributed by atoms with Crippen molar-refractivity contribution in [3.8, 4) is 11.5 Å². The molecular weight excluding hydrogens is 382 g/mol. The normalized spacial score (nSPS) is 18.3. The van der Waals surface area contributed by atoms with Crippen LogP contribution in [0.5, 0.6) is 11.5 Å². The summed E-state index contributed by atoms with van der Waals surface area (Å²) in [6.45, 7) is 4.74. The van der Waals surface area contributed by atoms with Gasteiger partial charge in [-0.3, -0.25) is 4.79 Å². The highest BCUT2D eigenvalue weighted by molar-refractivity contribution is 6.00. The Hall–Kier alpha value is -3.22. The van der Waals surface area contributed by atoms with Gasteiger partial charge in [-0.05, 0) is 57.4 Å². The Bertz CT molecular complexity index is 959. The number of rotatable bonds is 8. The summed E-state index contributed by atoms with van der Waals surface area (Å²) in [6, 6.07) is 13.5. The zero-order chi connectivity index (χ0) is 20.9. The standard InChI is InChI=1S/C23H27N3O4/c1-3-28-19-13-8-14-20(29-4-2)21(19)22(27)24-15-10-7-11-16(15)25-23-26-17-9-5-6-12-18(17)30-23/h5-6,8-9,12-16H,3-4,7,10-11H2,1-2H3,(H,24,27)(H,25,26)/t15-,16+/m1/s1. The van der Waals surface area contributed by atoms with Crippen LogP contribution in [0.3, 0.4) is 0 Å². The number of carbonyl (C=O) groups is 1. The van der Waals surface area contributed by atoms with E-state index in [1.54, 1.807) is 12.1 Å². The molecule has 0 saturated heterocycles. The van der Waals surface area contributed by atoms with Crippen LogP contribution in [0.2, 0.25) is 0 Å². The number of nitrogens with zero attached hydrogens (tertiary/aromatic N) is 1. The lowest BCUT2D eigenvalue weighted by atomic mass is 10.1. The predicted molar refractivity (Wildman–Crippen MR) is 115 cm³/mol. The van der Waals surface area contributed by atoms with Gasteiger partial charge in [0, 0.05) is 6.04 Å². The first-order valence-electron chi connectivity index (χ1n) is 10.5. The molecule has 0 spiro atoms. The number of carbonyl (C=O) groups excluding carboxylic acids is 1. The molecule has 1 heterocycles. The van der Waals surface area contributed by atoms with E-state index in [2.05, 4.69) is 15.6 Å². The molecule has 1 aliphatic carbocycles. The maximum atomic E-state index is 13.2. The predicted octanol–water partition coefficient (Wildman–Crippen LogP) is 4.39. The van der Waals surface area contributed by atoms with E-state index in [9.17, 15) is 4.79 Å². The van der Waals surface area contributed by atoms with Crippen LogP contribution in [0.15, 0.2) is 46.9 Å². The topological polar surface area (TPSA) is 85.6 Å². The van der Waals surface area contributed by atoms with Gasteiger partial charge in [0.1, 0.15) is 22.6 Å². The van der Waals surface area contributed by atoms with E-state index >= 15 is 0 Å². The van der Waals surface area contributed by atoms with E-state index in [4.69, 9.17) is 13.9 Å².